The highest BCUT2D eigenvalue weighted by Gasteiger charge is 2.09. The van der Waals surface area contributed by atoms with Crippen molar-refractivity contribution < 1.29 is 18.7 Å². The fourth-order valence-corrected chi connectivity index (χ4v) is 2.58. The molecule has 0 bridgehead atoms. The molecule has 0 N–H and O–H groups in total. The number of carbonyl (C=O) groups excluding carboxylic acids is 1. The Morgan fingerprint density at radius 1 is 0.962 bits per heavy atom. The summed E-state index contributed by atoms with van der Waals surface area (Å²) in [6.07, 6.45) is 1.26. The molecule has 0 radical (unpaired) electrons. The van der Waals surface area contributed by atoms with Gasteiger partial charge in [-0.2, -0.15) is 0 Å². The van der Waals surface area contributed by atoms with Gasteiger partial charge < -0.3 is 13.9 Å². The fourth-order valence-electron chi connectivity index (χ4n) is 2.58. The second-order valence-corrected chi connectivity index (χ2v) is 5.51. The highest BCUT2D eigenvalue weighted by Crippen LogP contribution is 2.25. The van der Waals surface area contributed by atoms with Gasteiger partial charge in [-0.05, 0) is 35.7 Å². The highest BCUT2D eigenvalue weighted by atomic mass is 16.6. The van der Waals surface area contributed by atoms with Gasteiger partial charge in [0.2, 0.25) is 12.3 Å². The number of esters is 1. The van der Waals surface area contributed by atoms with E-state index in [1.807, 2.05) is 42.5 Å². The van der Waals surface area contributed by atoms with Crippen molar-refractivity contribution in [3.8, 4) is 23.0 Å². The monoisotopic (exact) mass is 346 g/mol. The minimum absolute atomic E-state index is 0.181. The average Bonchev–Trinajstić information content (AvgIpc) is 3.22. The molecule has 6 nitrogen and oxygen atoms in total. The SMILES string of the molecule is O=C(COc1cccc2ccccc12)Oc1ccc(-c2nnco2)cc1. The summed E-state index contributed by atoms with van der Waals surface area (Å²) in [7, 11) is 0. The lowest BCUT2D eigenvalue weighted by Crippen LogP contribution is -2.17. The van der Waals surface area contributed by atoms with Crippen molar-refractivity contribution in [2.24, 2.45) is 0 Å². The molecule has 0 aliphatic carbocycles. The first kappa shape index (κ1) is 15.8. The number of benzene rings is 3. The molecule has 128 valence electrons. The molecule has 0 spiro atoms. The summed E-state index contributed by atoms with van der Waals surface area (Å²) in [5, 5.41) is 9.45. The van der Waals surface area contributed by atoms with Crippen molar-refractivity contribution in [1.29, 1.82) is 0 Å². The third-order valence-corrected chi connectivity index (χ3v) is 3.79. The van der Waals surface area contributed by atoms with Gasteiger partial charge in [0.15, 0.2) is 6.61 Å². The molecule has 1 heterocycles. The lowest BCUT2D eigenvalue weighted by molar-refractivity contribution is -0.136. The summed E-state index contributed by atoms with van der Waals surface area (Å²) in [6.45, 7) is -0.181. The first-order valence-electron chi connectivity index (χ1n) is 7.97. The molecule has 0 aliphatic heterocycles. The molecule has 0 saturated heterocycles. The molecule has 3 aromatic carbocycles. The summed E-state index contributed by atoms with van der Waals surface area (Å²) in [4.78, 5) is 12.0. The van der Waals surface area contributed by atoms with Crippen molar-refractivity contribution in [3.05, 3.63) is 73.1 Å². The molecule has 0 atom stereocenters. The predicted octanol–water partition coefficient (Wildman–Crippen LogP) is 3.87. The van der Waals surface area contributed by atoms with Gasteiger partial charge in [-0.1, -0.05) is 36.4 Å². The van der Waals surface area contributed by atoms with Crippen LogP contribution >= 0.6 is 0 Å². The number of fused-ring (bicyclic) bond motifs is 1. The topological polar surface area (TPSA) is 74.5 Å². The van der Waals surface area contributed by atoms with E-state index in [2.05, 4.69) is 10.2 Å². The van der Waals surface area contributed by atoms with Gasteiger partial charge in [-0.25, -0.2) is 4.79 Å². The number of rotatable bonds is 5. The Morgan fingerprint density at radius 3 is 2.58 bits per heavy atom. The zero-order chi connectivity index (χ0) is 17.8. The van der Waals surface area contributed by atoms with Crippen LogP contribution in [0.1, 0.15) is 0 Å². The third kappa shape index (κ3) is 3.39. The highest BCUT2D eigenvalue weighted by molar-refractivity contribution is 5.88. The second kappa shape index (κ2) is 7.06. The maximum absolute atomic E-state index is 12.0. The Morgan fingerprint density at radius 2 is 1.77 bits per heavy atom. The van der Waals surface area contributed by atoms with Crippen molar-refractivity contribution in [2.45, 2.75) is 0 Å². The van der Waals surface area contributed by atoms with E-state index in [0.29, 0.717) is 17.4 Å². The maximum Gasteiger partial charge on any atom is 0.349 e. The Kier molecular flexibility index (Phi) is 4.30. The van der Waals surface area contributed by atoms with E-state index in [-0.39, 0.29) is 6.61 Å². The Hall–Kier alpha value is -3.67. The molecule has 6 heteroatoms. The molecule has 0 saturated carbocycles. The van der Waals surface area contributed by atoms with Crippen LogP contribution in [0.3, 0.4) is 0 Å². The van der Waals surface area contributed by atoms with Crippen LogP contribution in [0.25, 0.3) is 22.2 Å². The molecular weight excluding hydrogens is 332 g/mol. The molecule has 0 unspecified atom stereocenters. The summed E-state index contributed by atoms with van der Waals surface area (Å²) < 4.78 is 16.0. The van der Waals surface area contributed by atoms with Crippen LogP contribution in [0, 0.1) is 0 Å². The molecule has 0 fully saturated rings. The molecule has 1 aromatic heterocycles. The van der Waals surface area contributed by atoms with Crippen molar-refractivity contribution in [3.63, 3.8) is 0 Å². The standard InChI is InChI=1S/C20H14N2O4/c23-19(12-24-18-7-3-5-14-4-1-2-6-17(14)18)26-16-10-8-15(9-11-16)20-22-21-13-25-20/h1-11,13H,12H2. The number of ether oxygens (including phenoxy) is 2. The number of aromatic nitrogens is 2. The largest absolute Gasteiger partial charge is 0.481 e. The summed E-state index contributed by atoms with van der Waals surface area (Å²) in [6, 6.07) is 20.3. The average molecular weight is 346 g/mol. The Bertz CT molecular complexity index is 1020. The summed E-state index contributed by atoms with van der Waals surface area (Å²) >= 11 is 0. The molecule has 26 heavy (non-hydrogen) atoms. The Balaban J connectivity index is 1.39. The molecule has 0 amide bonds. The normalized spacial score (nSPS) is 10.6. The van der Waals surface area contributed by atoms with Crippen LogP contribution in [0.2, 0.25) is 0 Å². The van der Waals surface area contributed by atoms with Gasteiger partial charge >= 0.3 is 5.97 Å². The van der Waals surface area contributed by atoms with E-state index in [1.54, 1.807) is 24.3 Å². The van der Waals surface area contributed by atoms with Crippen molar-refractivity contribution >= 4 is 16.7 Å². The minimum atomic E-state index is -0.483. The van der Waals surface area contributed by atoms with Gasteiger partial charge in [-0.3, -0.25) is 0 Å². The van der Waals surface area contributed by atoms with E-state index < -0.39 is 5.97 Å². The van der Waals surface area contributed by atoms with Gasteiger partial charge in [0.1, 0.15) is 11.5 Å². The van der Waals surface area contributed by atoms with Gasteiger partial charge in [0.05, 0.1) is 0 Å². The Labute approximate surface area is 149 Å². The van der Waals surface area contributed by atoms with E-state index in [0.717, 1.165) is 16.3 Å². The summed E-state index contributed by atoms with van der Waals surface area (Å²) in [5.74, 6) is 0.984. The minimum Gasteiger partial charge on any atom is -0.481 e. The van der Waals surface area contributed by atoms with E-state index in [4.69, 9.17) is 13.9 Å². The molecule has 4 rings (SSSR count). The number of hydrogen-bond donors (Lipinski definition) is 0. The lowest BCUT2D eigenvalue weighted by atomic mass is 10.1. The van der Waals surface area contributed by atoms with Gasteiger partial charge in [-0.15, -0.1) is 10.2 Å². The molecular formula is C20H14N2O4. The van der Waals surface area contributed by atoms with Crippen LogP contribution < -0.4 is 9.47 Å². The maximum atomic E-state index is 12.0. The van der Waals surface area contributed by atoms with Crippen LogP contribution in [0.4, 0.5) is 0 Å². The number of hydrogen-bond acceptors (Lipinski definition) is 6. The van der Waals surface area contributed by atoms with Crippen LogP contribution in [0.15, 0.2) is 77.5 Å². The van der Waals surface area contributed by atoms with Crippen molar-refractivity contribution in [1.82, 2.24) is 10.2 Å². The zero-order valence-corrected chi connectivity index (χ0v) is 13.7. The molecule has 0 aliphatic rings. The van der Waals surface area contributed by atoms with E-state index in [9.17, 15) is 4.79 Å². The first-order chi connectivity index (χ1) is 12.8. The van der Waals surface area contributed by atoms with Gasteiger partial charge in [0, 0.05) is 10.9 Å². The number of nitrogens with zero attached hydrogens (tertiary/aromatic N) is 2. The zero-order valence-electron chi connectivity index (χ0n) is 13.7. The van der Waals surface area contributed by atoms with Crippen LogP contribution in [-0.4, -0.2) is 22.8 Å². The number of carbonyl (C=O) groups is 1. The molecule has 4 aromatic rings. The third-order valence-electron chi connectivity index (χ3n) is 3.79. The van der Waals surface area contributed by atoms with Crippen LogP contribution in [0.5, 0.6) is 11.5 Å². The van der Waals surface area contributed by atoms with E-state index >= 15 is 0 Å². The van der Waals surface area contributed by atoms with Gasteiger partial charge in [0.25, 0.3) is 0 Å². The lowest BCUT2D eigenvalue weighted by Gasteiger charge is -2.09. The summed E-state index contributed by atoms with van der Waals surface area (Å²) in [5.41, 5.74) is 0.745. The fraction of sp³-hybridized carbons (Fsp3) is 0.0500. The smallest absolute Gasteiger partial charge is 0.349 e. The van der Waals surface area contributed by atoms with Crippen LogP contribution in [-0.2, 0) is 4.79 Å². The predicted molar refractivity (Wildman–Crippen MR) is 94.8 cm³/mol. The van der Waals surface area contributed by atoms with Crippen molar-refractivity contribution in [2.75, 3.05) is 6.61 Å². The van der Waals surface area contributed by atoms with E-state index in [1.165, 1.54) is 6.39 Å². The second-order valence-electron chi connectivity index (χ2n) is 5.51. The quantitative estimate of drug-likeness (QED) is 0.403. The first-order valence-corrected chi connectivity index (χ1v) is 7.97.